The van der Waals surface area contributed by atoms with E-state index in [1.54, 1.807) is 26.4 Å². The topological polar surface area (TPSA) is 56.8 Å². The third-order valence-corrected chi connectivity index (χ3v) is 3.79. The van der Waals surface area contributed by atoms with Crippen LogP contribution < -0.4 is 19.5 Å². The lowest BCUT2D eigenvalue weighted by Gasteiger charge is -2.34. The number of ether oxygens (including phenoxy) is 3. The summed E-state index contributed by atoms with van der Waals surface area (Å²) >= 11 is 0. The molecule has 1 saturated heterocycles. The second-order valence-corrected chi connectivity index (χ2v) is 5.01. The standard InChI is InChI=1S/C14H17NO4/c1-17-9-5-11(18-2)13-10(16)7-14(3-4-15-8-14)19-12(13)6-9/h5-6,15H,3-4,7-8H2,1-2H3. The molecule has 2 heterocycles. The van der Waals surface area contributed by atoms with Gasteiger partial charge < -0.3 is 19.5 Å². The number of ketones is 1. The highest BCUT2D eigenvalue weighted by Crippen LogP contribution is 2.43. The average molecular weight is 263 g/mol. The molecule has 1 fully saturated rings. The zero-order valence-electron chi connectivity index (χ0n) is 11.1. The number of hydrogen-bond donors (Lipinski definition) is 1. The Hall–Kier alpha value is -1.75. The first-order valence-corrected chi connectivity index (χ1v) is 6.36. The van der Waals surface area contributed by atoms with Gasteiger partial charge in [-0.2, -0.15) is 0 Å². The van der Waals surface area contributed by atoms with E-state index in [2.05, 4.69) is 5.32 Å². The Labute approximate surface area is 111 Å². The minimum atomic E-state index is -0.401. The molecule has 0 aliphatic carbocycles. The monoisotopic (exact) mass is 263 g/mol. The predicted molar refractivity (Wildman–Crippen MR) is 69.3 cm³/mol. The van der Waals surface area contributed by atoms with Gasteiger partial charge in [-0.05, 0) is 6.54 Å². The van der Waals surface area contributed by atoms with Crippen LogP contribution in [0.15, 0.2) is 12.1 Å². The number of benzene rings is 1. The average Bonchev–Trinajstić information content (AvgIpc) is 2.84. The molecule has 1 aromatic carbocycles. The summed E-state index contributed by atoms with van der Waals surface area (Å²) in [6, 6.07) is 3.47. The number of hydrogen-bond acceptors (Lipinski definition) is 5. The van der Waals surface area contributed by atoms with Gasteiger partial charge in [-0.15, -0.1) is 0 Å². The summed E-state index contributed by atoms with van der Waals surface area (Å²) in [5, 5.41) is 3.25. The van der Waals surface area contributed by atoms with Crippen molar-refractivity contribution in [2.24, 2.45) is 0 Å². The lowest BCUT2D eigenvalue weighted by atomic mass is 9.89. The van der Waals surface area contributed by atoms with Gasteiger partial charge in [0, 0.05) is 25.1 Å². The summed E-state index contributed by atoms with van der Waals surface area (Å²) in [5.41, 5.74) is 0.127. The van der Waals surface area contributed by atoms with E-state index in [9.17, 15) is 4.79 Å². The number of carbonyl (C=O) groups excluding carboxylic acids is 1. The third-order valence-electron chi connectivity index (χ3n) is 3.79. The zero-order valence-corrected chi connectivity index (χ0v) is 11.1. The Bertz CT molecular complexity index is 520. The van der Waals surface area contributed by atoms with Gasteiger partial charge in [0.05, 0.1) is 20.6 Å². The van der Waals surface area contributed by atoms with Crippen molar-refractivity contribution >= 4 is 5.78 Å². The van der Waals surface area contributed by atoms with Crippen LogP contribution in [0.3, 0.4) is 0 Å². The van der Waals surface area contributed by atoms with E-state index < -0.39 is 5.60 Å². The summed E-state index contributed by atoms with van der Waals surface area (Å²) in [4.78, 5) is 12.4. The molecule has 0 bridgehead atoms. The summed E-state index contributed by atoms with van der Waals surface area (Å²) in [5.74, 6) is 1.78. The minimum Gasteiger partial charge on any atom is -0.496 e. The van der Waals surface area contributed by atoms with E-state index in [0.29, 0.717) is 35.8 Å². The zero-order chi connectivity index (χ0) is 13.5. The maximum atomic E-state index is 12.4. The SMILES string of the molecule is COc1cc(OC)c2c(c1)OC1(CCNC1)CC2=O. The molecule has 0 radical (unpaired) electrons. The molecule has 2 aliphatic rings. The maximum Gasteiger partial charge on any atom is 0.174 e. The van der Waals surface area contributed by atoms with Crippen molar-refractivity contribution in [3.63, 3.8) is 0 Å². The molecule has 2 aliphatic heterocycles. The van der Waals surface area contributed by atoms with Gasteiger partial charge in [-0.1, -0.05) is 0 Å². The Morgan fingerprint density at radius 3 is 2.79 bits per heavy atom. The smallest absolute Gasteiger partial charge is 0.174 e. The van der Waals surface area contributed by atoms with Crippen LogP contribution in [0.4, 0.5) is 0 Å². The molecular weight excluding hydrogens is 246 g/mol. The van der Waals surface area contributed by atoms with Crippen LogP contribution in [-0.4, -0.2) is 38.7 Å². The molecule has 0 amide bonds. The van der Waals surface area contributed by atoms with Crippen molar-refractivity contribution in [2.75, 3.05) is 27.3 Å². The first kappa shape index (κ1) is 12.3. The predicted octanol–water partition coefficient (Wildman–Crippen LogP) is 1.40. The molecular formula is C14H17NO4. The number of methoxy groups -OCH3 is 2. The lowest BCUT2D eigenvalue weighted by molar-refractivity contribution is 0.0521. The van der Waals surface area contributed by atoms with Crippen LogP contribution in [0, 0.1) is 0 Å². The van der Waals surface area contributed by atoms with Crippen LogP contribution in [0.5, 0.6) is 17.2 Å². The molecule has 1 N–H and O–H groups in total. The molecule has 0 aromatic heterocycles. The Morgan fingerprint density at radius 2 is 2.16 bits per heavy atom. The van der Waals surface area contributed by atoms with E-state index in [-0.39, 0.29) is 5.78 Å². The fraction of sp³-hybridized carbons (Fsp3) is 0.500. The summed E-state index contributed by atoms with van der Waals surface area (Å²) in [6.07, 6.45) is 1.24. The second-order valence-electron chi connectivity index (χ2n) is 5.01. The first-order valence-electron chi connectivity index (χ1n) is 6.36. The molecule has 3 rings (SSSR count). The quantitative estimate of drug-likeness (QED) is 0.874. The van der Waals surface area contributed by atoms with Crippen LogP contribution in [0.1, 0.15) is 23.2 Å². The van der Waals surface area contributed by atoms with E-state index >= 15 is 0 Å². The Morgan fingerprint density at radius 1 is 1.32 bits per heavy atom. The largest absolute Gasteiger partial charge is 0.496 e. The minimum absolute atomic E-state index is 0.0736. The van der Waals surface area contributed by atoms with Gasteiger partial charge >= 0.3 is 0 Å². The number of fused-ring (bicyclic) bond motifs is 1. The number of Topliss-reactive ketones (excluding diaryl/α,β-unsaturated/α-hetero) is 1. The third kappa shape index (κ3) is 1.94. The van der Waals surface area contributed by atoms with Crippen molar-refractivity contribution in [1.82, 2.24) is 5.32 Å². The molecule has 1 spiro atoms. The fourth-order valence-electron chi connectivity index (χ4n) is 2.81. The summed E-state index contributed by atoms with van der Waals surface area (Å²) in [7, 11) is 3.13. The fourth-order valence-corrected chi connectivity index (χ4v) is 2.81. The normalized spacial score (nSPS) is 25.1. The number of carbonyl (C=O) groups is 1. The van der Waals surface area contributed by atoms with E-state index in [4.69, 9.17) is 14.2 Å². The van der Waals surface area contributed by atoms with Crippen molar-refractivity contribution in [2.45, 2.75) is 18.4 Å². The van der Waals surface area contributed by atoms with Gasteiger partial charge in [0.15, 0.2) is 5.78 Å². The van der Waals surface area contributed by atoms with E-state index in [1.165, 1.54) is 0 Å². The first-order chi connectivity index (χ1) is 9.17. The highest BCUT2D eigenvalue weighted by Gasteiger charge is 2.44. The molecule has 1 unspecified atom stereocenters. The summed E-state index contributed by atoms with van der Waals surface area (Å²) in [6.45, 7) is 1.58. The van der Waals surface area contributed by atoms with Crippen molar-refractivity contribution in [3.05, 3.63) is 17.7 Å². The van der Waals surface area contributed by atoms with Crippen LogP contribution in [0.2, 0.25) is 0 Å². The molecule has 5 nitrogen and oxygen atoms in total. The maximum absolute atomic E-state index is 12.4. The second kappa shape index (κ2) is 4.42. The van der Waals surface area contributed by atoms with Gasteiger partial charge in [-0.3, -0.25) is 4.79 Å². The van der Waals surface area contributed by atoms with Gasteiger partial charge in [0.25, 0.3) is 0 Å². The van der Waals surface area contributed by atoms with Gasteiger partial charge in [0.1, 0.15) is 28.4 Å². The molecule has 19 heavy (non-hydrogen) atoms. The van der Waals surface area contributed by atoms with Gasteiger partial charge in [-0.25, -0.2) is 0 Å². The highest BCUT2D eigenvalue weighted by atomic mass is 16.5. The lowest BCUT2D eigenvalue weighted by Crippen LogP contribution is -2.43. The molecule has 5 heteroatoms. The van der Waals surface area contributed by atoms with Gasteiger partial charge in [0.2, 0.25) is 0 Å². The van der Waals surface area contributed by atoms with Crippen molar-refractivity contribution < 1.29 is 19.0 Å². The highest BCUT2D eigenvalue weighted by molar-refractivity contribution is 6.03. The van der Waals surface area contributed by atoms with Crippen LogP contribution in [0.25, 0.3) is 0 Å². The van der Waals surface area contributed by atoms with E-state index in [1.807, 2.05) is 0 Å². The molecule has 102 valence electrons. The molecule has 1 aromatic rings. The van der Waals surface area contributed by atoms with E-state index in [0.717, 1.165) is 13.0 Å². The van der Waals surface area contributed by atoms with Crippen molar-refractivity contribution in [1.29, 1.82) is 0 Å². The molecule has 1 atom stereocenters. The number of nitrogens with one attached hydrogen (secondary N) is 1. The van der Waals surface area contributed by atoms with Crippen LogP contribution >= 0.6 is 0 Å². The Kier molecular flexibility index (Phi) is 2.86. The number of rotatable bonds is 2. The Balaban J connectivity index is 2.08. The van der Waals surface area contributed by atoms with Crippen LogP contribution in [-0.2, 0) is 0 Å². The van der Waals surface area contributed by atoms with Crippen molar-refractivity contribution in [3.8, 4) is 17.2 Å². The summed E-state index contributed by atoms with van der Waals surface area (Å²) < 4.78 is 16.6. The molecule has 0 saturated carbocycles.